The molecule has 0 aliphatic heterocycles. The Labute approximate surface area is 128 Å². The van der Waals surface area contributed by atoms with Gasteiger partial charge < -0.3 is 14.7 Å². The molecular weight excluding hydrogens is 278 g/mol. The SMILES string of the molecule is CCN(c1ccccc1)c1nccc(Nc2cc(C)on2)n1. The fourth-order valence-electron chi connectivity index (χ4n) is 2.15. The summed E-state index contributed by atoms with van der Waals surface area (Å²) >= 11 is 0. The number of benzene rings is 1. The number of nitrogens with zero attached hydrogens (tertiary/aromatic N) is 4. The Hall–Kier alpha value is -2.89. The van der Waals surface area contributed by atoms with Crippen LogP contribution in [-0.4, -0.2) is 21.7 Å². The highest BCUT2D eigenvalue weighted by Gasteiger charge is 2.11. The van der Waals surface area contributed by atoms with Crippen LogP contribution in [0.15, 0.2) is 53.2 Å². The molecule has 0 bridgehead atoms. The number of rotatable bonds is 5. The zero-order valence-electron chi connectivity index (χ0n) is 12.5. The first kappa shape index (κ1) is 14.1. The number of para-hydroxylation sites is 1. The van der Waals surface area contributed by atoms with Gasteiger partial charge in [0.2, 0.25) is 5.95 Å². The van der Waals surface area contributed by atoms with Crippen LogP contribution in [0.4, 0.5) is 23.3 Å². The van der Waals surface area contributed by atoms with Gasteiger partial charge in [-0.1, -0.05) is 23.4 Å². The molecule has 22 heavy (non-hydrogen) atoms. The predicted octanol–water partition coefficient (Wildman–Crippen LogP) is 3.67. The average Bonchev–Trinajstić information content (AvgIpc) is 2.95. The summed E-state index contributed by atoms with van der Waals surface area (Å²) in [5.41, 5.74) is 1.06. The molecule has 6 heteroatoms. The van der Waals surface area contributed by atoms with Gasteiger partial charge in [-0.15, -0.1) is 0 Å². The maximum atomic E-state index is 5.04. The van der Waals surface area contributed by atoms with Crippen LogP contribution in [-0.2, 0) is 0 Å². The van der Waals surface area contributed by atoms with E-state index < -0.39 is 0 Å². The van der Waals surface area contributed by atoms with E-state index in [2.05, 4.69) is 27.4 Å². The van der Waals surface area contributed by atoms with E-state index in [1.54, 1.807) is 12.3 Å². The molecule has 0 unspecified atom stereocenters. The number of aromatic nitrogens is 3. The van der Waals surface area contributed by atoms with E-state index in [0.717, 1.165) is 18.0 Å². The number of hydrogen-bond donors (Lipinski definition) is 1. The minimum Gasteiger partial charge on any atom is -0.360 e. The van der Waals surface area contributed by atoms with Gasteiger partial charge in [0.05, 0.1) is 0 Å². The van der Waals surface area contributed by atoms with Crippen LogP contribution >= 0.6 is 0 Å². The summed E-state index contributed by atoms with van der Waals surface area (Å²) in [6.45, 7) is 4.69. The van der Waals surface area contributed by atoms with Gasteiger partial charge in [0.25, 0.3) is 0 Å². The number of aryl methyl sites for hydroxylation is 1. The molecular formula is C16H17N5O. The van der Waals surface area contributed by atoms with Crippen molar-refractivity contribution in [2.75, 3.05) is 16.8 Å². The first-order valence-electron chi connectivity index (χ1n) is 7.12. The molecule has 1 aromatic carbocycles. The van der Waals surface area contributed by atoms with Crippen molar-refractivity contribution in [1.29, 1.82) is 0 Å². The maximum Gasteiger partial charge on any atom is 0.231 e. The lowest BCUT2D eigenvalue weighted by Gasteiger charge is -2.21. The van der Waals surface area contributed by atoms with Crippen molar-refractivity contribution in [3.8, 4) is 0 Å². The van der Waals surface area contributed by atoms with Crippen LogP contribution in [0.25, 0.3) is 0 Å². The van der Waals surface area contributed by atoms with Gasteiger partial charge in [0.15, 0.2) is 5.82 Å². The minimum atomic E-state index is 0.630. The van der Waals surface area contributed by atoms with Gasteiger partial charge >= 0.3 is 0 Å². The summed E-state index contributed by atoms with van der Waals surface area (Å²) in [6, 6.07) is 13.7. The molecule has 0 spiro atoms. The summed E-state index contributed by atoms with van der Waals surface area (Å²) < 4.78 is 5.04. The molecule has 0 saturated heterocycles. The fourth-order valence-corrected chi connectivity index (χ4v) is 2.15. The van der Waals surface area contributed by atoms with Gasteiger partial charge in [-0.25, -0.2) is 4.98 Å². The van der Waals surface area contributed by atoms with Crippen molar-refractivity contribution in [3.63, 3.8) is 0 Å². The number of nitrogens with one attached hydrogen (secondary N) is 1. The standard InChI is InChI=1S/C16H17N5O/c1-3-21(13-7-5-4-6-8-13)16-17-10-9-14(19-16)18-15-11-12(2)22-20-15/h4-11H,3H2,1-2H3,(H,17,18,19,20). The Bertz CT molecular complexity index is 741. The lowest BCUT2D eigenvalue weighted by molar-refractivity contribution is 0.400. The lowest BCUT2D eigenvalue weighted by atomic mass is 10.3. The molecule has 0 atom stereocenters. The van der Waals surface area contributed by atoms with Gasteiger partial charge in [-0.05, 0) is 32.0 Å². The van der Waals surface area contributed by atoms with Crippen molar-refractivity contribution >= 4 is 23.3 Å². The summed E-state index contributed by atoms with van der Waals surface area (Å²) in [5.74, 6) is 2.69. The third kappa shape index (κ3) is 3.06. The zero-order valence-corrected chi connectivity index (χ0v) is 12.5. The Morgan fingerprint density at radius 3 is 2.64 bits per heavy atom. The molecule has 2 aromatic heterocycles. The van der Waals surface area contributed by atoms with E-state index in [4.69, 9.17) is 4.52 Å². The minimum absolute atomic E-state index is 0.630. The van der Waals surface area contributed by atoms with Gasteiger partial charge in [-0.2, -0.15) is 4.98 Å². The van der Waals surface area contributed by atoms with Crippen LogP contribution < -0.4 is 10.2 Å². The quantitative estimate of drug-likeness (QED) is 0.774. The topological polar surface area (TPSA) is 67.1 Å². The molecule has 0 fully saturated rings. The molecule has 0 aliphatic carbocycles. The fraction of sp³-hybridized carbons (Fsp3) is 0.188. The van der Waals surface area contributed by atoms with E-state index in [1.165, 1.54) is 0 Å². The molecule has 0 saturated carbocycles. The van der Waals surface area contributed by atoms with Crippen LogP contribution in [0.1, 0.15) is 12.7 Å². The van der Waals surface area contributed by atoms with Crippen molar-refractivity contribution in [2.24, 2.45) is 0 Å². The van der Waals surface area contributed by atoms with Gasteiger partial charge in [0, 0.05) is 24.5 Å². The van der Waals surface area contributed by atoms with Crippen molar-refractivity contribution in [1.82, 2.24) is 15.1 Å². The second-order valence-corrected chi connectivity index (χ2v) is 4.77. The van der Waals surface area contributed by atoms with Crippen molar-refractivity contribution < 1.29 is 4.52 Å². The Kier molecular flexibility index (Phi) is 4.00. The van der Waals surface area contributed by atoms with E-state index in [9.17, 15) is 0 Å². The summed E-state index contributed by atoms with van der Waals surface area (Å²) in [7, 11) is 0. The highest BCUT2D eigenvalue weighted by Crippen LogP contribution is 2.23. The molecule has 1 N–H and O–H groups in total. The first-order valence-corrected chi connectivity index (χ1v) is 7.12. The predicted molar refractivity (Wildman–Crippen MR) is 85.7 cm³/mol. The van der Waals surface area contributed by atoms with Crippen LogP contribution in [0.5, 0.6) is 0 Å². The zero-order chi connectivity index (χ0) is 15.4. The highest BCUT2D eigenvalue weighted by atomic mass is 16.5. The van der Waals surface area contributed by atoms with Crippen molar-refractivity contribution in [3.05, 3.63) is 54.4 Å². The molecule has 3 rings (SSSR count). The largest absolute Gasteiger partial charge is 0.360 e. The summed E-state index contributed by atoms with van der Waals surface area (Å²) in [5, 5.41) is 7.02. The third-order valence-corrected chi connectivity index (χ3v) is 3.15. The van der Waals surface area contributed by atoms with Gasteiger partial charge in [-0.3, -0.25) is 0 Å². The number of anilines is 4. The van der Waals surface area contributed by atoms with E-state index >= 15 is 0 Å². The summed E-state index contributed by atoms with van der Waals surface area (Å²) in [4.78, 5) is 11.0. The Morgan fingerprint density at radius 2 is 1.95 bits per heavy atom. The molecule has 0 radical (unpaired) electrons. The normalized spacial score (nSPS) is 10.5. The van der Waals surface area contributed by atoms with Gasteiger partial charge in [0.1, 0.15) is 11.6 Å². The molecule has 3 aromatic rings. The smallest absolute Gasteiger partial charge is 0.231 e. The molecule has 6 nitrogen and oxygen atoms in total. The van der Waals surface area contributed by atoms with E-state index in [1.807, 2.05) is 48.2 Å². The van der Waals surface area contributed by atoms with Crippen LogP contribution in [0.2, 0.25) is 0 Å². The molecule has 112 valence electrons. The molecule has 0 aliphatic rings. The Balaban J connectivity index is 1.86. The maximum absolute atomic E-state index is 5.04. The third-order valence-electron chi connectivity index (χ3n) is 3.15. The van der Waals surface area contributed by atoms with E-state index in [-0.39, 0.29) is 0 Å². The van der Waals surface area contributed by atoms with E-state index in [0.29, 0.717) is 17.6 Å². The lowest BCUT2D eigenvalue weighted by Crippen LogP contribution is -2.18. The van der Waals surface area contributed by atoms with Crippen molar-refractivity contribution in [2.45, 2.75) is 13.8 Å². The molecule has 2 heterocycles. The number of hydrogen-bond acceptors (Lipinski definition) is 6. The molecule has 0 amide bonds. The first-order chi connectivity index (χ1) is 10.8. The summed E-state index contributed by atoms with van der Waals surface area (Å²) in [6.07, 6.45) is 1.73. The second-order valence-electron chi connectivity index (χ2n) is 4.77. The monoisotopic (exact) mass is 295 g/mol. The van der Waals surface area contributed by atoms with Crippen LogP contribution in [0.3, 0.4) is 0 Å². The Morgan fingerprint density at radius 1 is 1.14 bits per heavy atom. The second kappa shape index (κ2) is 6.26. The average molecular weight is 295 g/mol. The highest BCUT2D eigenvalue weighted by molar-refractivity contribution is 5.59. The van der Waals surface area contributed by atoms with Crippen LogP contribution in [0, 0.1) is 6.92 Å².